The van der Waals surface area contributed by atoms with Crippen molar-refractivity contribution in [2.75, 3.05) is 18.1 Å². The first-order valence-electron chi connectivity index (χ1n) is 6.94. The highest BCUT2D eigenvalue weighted by atomic mass is 16.6. The van der Waals surface area contributed by atoms with E-state index in [1.807, 2.05) is 4.90 Å². The summed E-state index contributed by atoms with van der Waals surface area (Å²) in [5.41, 5.74) is -0.126. The van der Waals surface area contributed by atoms with Crippen molar-refractivity contribution in [3.63, 3.8) is 0 Å². The SMILES string of the molecule is O=C(O)c1cc(N(CCO)C2CCCC2)ccc1[N+](=O)[O-]. The van der Waals surface area contributed by atoms with Gasteiger partial charge in [0, 0.05) is 24.3 Å². The molecule has 0 heterocycles. The first kappa shape index (κ1) is 15.2. The van der Waals surface area contributed by atoms with Gasteiger partial charge < -0.3 is 15.1 Å². The van der Waals surface area contributed by atoms with Crippen LogP contribution in [0.3, 0.4) is 0 Å². The smallest absolute Gasteiger partial charge is 0.342 e. The van der Waals surface area contributed by atoms with Crippen LogP contribution in [0.4, 0.5) is 11.4 Å². The van der Waals surface area contributed by atoms with Crippen LogP contribution >= 0.6 is 0 Å². The number of aliphatic hydroxyl groups excluding tert-OH is 1. The quantitative estimate of drug-likeness (QED) is 0.614. The van der Waals surface area contributed by atoms with Crippen molar-refractivity contribution in [3.05, 3.63) is 33.9 Å². The minimum Gasteiger partial charge on any atom is -0.477 e. The maximum atomic E-state index is 11.2. The molecule has 1 aromatic carbocycles. The molecule has 0 bridgehead atoms. The van der Waals surface area contributed by atoms with Crippen LogP contribution in [0.15, 0.2) is 18.2 Å². The molecule has 114 valence electrons. The zero-order chi connectivity index (χ0) is 15.4. The Bertz CT molecular complexity index is 540. The van der Waals surface area contributed by atoms with Crippen LogP contribution < -0.4 is 4.90 Å². The molecule has 2 rings (SSSR count). The highest BCUT2D eigenvalue weighted by molar-refractivity contribution is 5.93. The molecule has 1 aliphatic rings. The van der Waals surface area contributed by atoms with Gasteiger partial charge >= 0.3 is 5.97 Å². The Morgan fingerprint density at radius 3 is 2.57 bits per heavy atom. The third-order valence-electron chi connectivity index (χ3n) is 3.85. The molecule has 0 spiro atoms. The number of benzene rings is 1. The van der Waals surface area contributed by atoms with Gasteiger partial charge in [0.1, 0.15) is 5.56 Å². The summed E-state index contributed by atoms with van der Waals surface area (Å²) in [6, 6.07) is 4.35. The van der Waals surface area contributed by atoms with E-state index < -0.39 is 16.6 Å². The van der Waals surface area contributed by atoms with E-state index >= 15 is 0 Å². The van der Waals surface area contributed by atoms with E-state index in [1.54, 1.807) is 6.07 Å². The molecule has 0 aromatic heterocycles. The number of aliphatic hydroxyl groups is 1. The van der Waals surface area contributed by atoms with Crippen LogP contribution in [0.25, 0.3) is 0 Å². The number of nitrogens with zero attached hydrogens (tertiary/aromatic N) is 2. The summed E-state index contributed by atoms with van der Waals surface area (Å²) in [7, 11) is 0. The molecule has 7 nitrogen and oxygen atoms in total. The molecular weight excluding hydrogens is 276 g/mol. The third-order valence-corrected chi connectivity index (χ3v) is 3.85. The van der Waals surface area contributed by atoms with E-state index in [0.29, 0.717) is 12.2 Å². The minimum atomic E-state index is -1.32. The Balaban J connectivity index is 2.38. The molecule has 0 unspecified atom stereocenters. The summed E-state index contributed by atoms with van der Waals surface area (Å²) in [6.45, 7) is 0.345. The monoisotopic (exact) mass is 294 g/mol. The largest absolute Gasteiger partial charge is 0.477 e. The molecule has 0 atom stereocenters. The highest BCUT2D eigenvalue weighted by Gasteiger charge is 2.26. The number of carbonyl (C=O) groups is 1. The summed E-state index contributed by atoms with van der Waals surface area (Å²) in [6.07, 6.45) is 4.18. The zero-order valence-electron chi connectivity index (χ0n) is 11.6. The fraction of sp³-hybridized carbons (Fsp3) is 0.500. The van der Waals surface area contributed by atoms with E-state index in [9.17, 15) is 20.0 Å². The van der Waals surface area contributed by atoms with E-state index in [0.717, 1.165) is 25.7 Å². The van der Waals surface area contributed by atoms with Crippen molar-refractivity contribution in [3.8, 4) is 0 Å². The molecule has 1 saturated carbocycles. The van der Waals surface area contributed by atoms with E-state index in [-0.39, 0.29) is 18.2 Å². The molecule has 0 amide bonds. The molecule has 1 aromatic rings. The van der Waals surface area contributed by atoms with Crippen molar-refractivity contribution in [2.24, 2.45) is 0 Å². The van der Waals surface area contributed by atoms with Gasteiger partial charge in [-0.25, -0.2) is 4.79 Å². The molecular formula is C14H18N2O5. The van der Waals surface area contributed by atoms with E-state index in [2.05, 4.69) is 0 Å². The van der Waals surface area contributed by atoms with Gasteiger partial charge in [0.2, 0.25) is 0 Å². The maximum Gasteiger partial charge on any atom is 0.342 e. The van der Waals surface area contributed by atoms with Crippen LogP contribution in [0.1, 0.15) is 36.0 Å². The van der Waals surface area contributed by atoms with Crippen LogP contribution in [0.5, 0.6) is 0 Å². The Hall–Kier alpha value is -2.15. The second-order valence-electron chi connectivity index (χ2n) is 5.12. The lowest BCUT2D eigenvalue weighted by atomic mass is 10.1. The molecule has 21 heavy (non-hydrogen) atoms. The summed E-state index contributed by atoms with van der Waals surface area (Å²) < 4.78 is 0. The Morgan fingerprint density at radius 2 is 2.05 bits per heavy atom. The number of nitro groups is 1. The standard InChI is InChI=1S/C14H18N2O5/c17-8-7-15(10-3-1-2-4-10)11-5-6-13(16(20)21)12(9-11)14(18)19/h5-6,9-10,17H,1-4,7-8H2,(H,18,19). The van der Waals surface area contributed by atoms with Gasteiger partial charge in [-0.15, -0.1) is 0 Å². The van der Waals surface area contributed by atoms with Gasteiger partial charge in [-0.2, -0.15) is 0 Å². The van der Waals surface area contributed by atoms with Gasteiger partial charge in [-0.3, -0.25) is 10.1 Å². The summed E-state index contributed by atoms with van der Waals surface area (Å²) in [5, 5.41) is 29.2. The predicted octanol–water partition coefficient (Wildman–Crippen LogP) is 2.03. The lowest BCUT2D eigenvalue weighted by Gasteiger charge is -2.30. The minimum absolute atomic E-state index is 0.0457. The molecule has 0 radical (unpaired) electrons. The highest BCUT2D eigenvalue weighted by Crippen LogP contribution is 2.31. The number of hydrogen-bond acceptors (Lipinski definition) is 5. The summed E-state index contributed by atoms with van der Waals surface area (Å²) >= 11 is 0. The molecule has 1 aliphatic carbocycles. The van der Waals surface area contributed by atoms with Crippen molar-refractivity contribution < 1.29 is 19.9 Å². The average Bonchev–Trinajstić information content (AvgIpc) is 2.97. The number of nitro benzene ring substituents is 1. The molecule has 7 heteroatoms. The first-order chi connectivity index (χ1) is 10.0. The summed E-state index contributed by atoms with van der Waals surface area (Å²) in [4.78, 5) is 23.3. The van der Waals surface area contributed by atoms with Crippen molar-refractivity contribution in [2.45, 2.75) is 31.7 Å². The Labute approximate surface area is 122 Å². The van der Waals surface area contributed by atoms with Gasteiger partial charge in [0.05, 0.1) is 11.5 Å². The van der Waals surface area contributed by atoms with Gasteiger partial charge in [-0.1, -0.05) is 12.8 Å². The molecule has 0 aliphatic heterocycles. The maximum absolute atomic E-state index is 11.2. The van der Waals surface area contributed by atoms with Gasteiger partial charge in [0.25, 0.3) is 5.69 Å². The van der Waals surface area contributed by atoms with Gasteiger partial charge in [0.15, 0.2) is 0 Å². The molecule has 0 saturated heterocycles. The van der Waals surface area contributed by atoms with Crippen LogP contribution in [0, 0.1) is 10.1 Å². The van der Waals surface area contributed by atoms with Crippen LogP contribution in [-0.2, 0) is 0 Å². The fourth-order valence-electron chi connectivity index (χ4n) is 2.88. The second kappa shape index (κ2) is 6.53. The van der Waals surface area contributed by atoms with Crippen LogP contribution in [0.2, 0.25) is 0 Å². The van der Waals surface area contributed by atoms with Crippen molar-refractivity contribution >= 4 is 17.3 Å². The third kappa shape index (κ3) is 3.30. The second-order valence-corrected chi connectivity index (χ2v) is 5.12. The lowest BCUT2D eigenvalue weighted by molar-refractivity contribution is -0.385. The number of carboxylic acid groups (broad SMARTS) is 1. The molecule has 1 fully saturated rings. The normalized spacial score (nSPS) is 15.1. The fourth-order valence-corrected chi connectivity index (χ4v) is 2.88. The number of anilines is 1. The van der Waals surface area contributed by atoms with Gasteiger partial charge in [-0.05, 0) is 25.0 Å². The Morgan fingerprint density at radius 1 is 1.38 bits per heavy atom. The summed E-state index contributed by atoms with van der Waals surface area (Å²) in [5.74, 6) is -1.32. The number of carboxylic acids is 1. The predicted molar refractivity (Wildman–Crippen MR) is 76.7 cm³/mol. The number of aromatic carboxylic acids is 1. The van der Waals surface area contributed by atoms with E-state index in [4.69, 9.17) is 5.11 Å². The van der Waals surface area contributed by atoms with E-state index in [1.165, 1.54) is 12.1 Å². The first-order valence-corrected chi connectivity index (χ1v) is 6.94. The number of rotatable bonds is 6. The molecule has 2 N–H and O–H groups in total. The Kier molecular flexibility index (Phi) is 4.74. The lowest BCUT2D eigenvalue weighted by Crippen LogP contribution is -2.35. The zero-order valence-corrected chi connectivity index (χ0v) is 11.6. The van der Waals surface area contributed by atoms with Crippen molar-refractivity contribution in [1.82, 2.24) is 0 Å². The average molecular weight is 294 g/mol. The topological polar surface area (TPSA) is 104 Å². The van der Waals surface area contributed by atoms with Crippen molar-refractivity contribution in [1.29, 1.82) is 0 Å². The van der Waals surface area contributed by atoms with Crippen LogP contribution in [-0.4, -0.2) is 40.3 Å². The number of hydrogen-bond donors (Lipinski definition) is 2.